The molecular weight excluding hydrogens is 276 g/mol. The van der Waals surface area contributed by atoms with E-state index in [1.165, 1.54) is 0 Å². The molecule has 1 aliphatic carbocycles. The molecule has 1 aliphatic heterocycles. The second-order valence-electron chi connectivity index (χ2n) is 6.28. The van der Waals surface area contributed by atoms with E-state index in [9.17, 15) is 4.79 Å². The van der Waals surface area contributed by atoms with Gasteiger partial charge in [-0.2, -0.15) is 0 Å². The Morgan fingerprint density at radius 2 is 2.00 bits per heavy atom. The second kappa shape index (κ2) is 5.55. The number of carbonyl (C=O) groups excluding carboxylic acids is 1. The normalized spacial score (nSPS) is 21.8. The third-order valence-electron chi connectivity index (χ3n) is 4.48. The van der Waals surface area contributed by atoms with Crippen LogP contribution in [0.2, 0.25) is 0 Å². The van der Waals surface area contributed by atoms with Crippen molar-refractivity contribution in [1.82, 2.24) is 15.3 Å². The summed E-state index contributed by atoms with van der Waals surface area (Å²) in [6.45, 7) is 1.69. The number of rotatable bonds is 3. The van der Waals surface area contributed by atoms with Crippen LogP contribution in [0.5, 0.6) is 0 Å². The van der Waals surface area contributed by atoms with Gasteiger partial charge in [-0.25, -0.2) is 4.98 Å². The predicted octanol–water partition coefficient (Wildman–Crippen LogP) is 2.12. The minimum atomic E-state index is 0.0719. The van der Waals surface area contributed by atoms with Crippen LogP contribution in [-0.4, -0.2) is 35.0 Å². The number of aromatic nitrogens is 2. The number of anilines is 1. The lowest BCUT2D eigenvalue weighted by atomic mass is 9.97. The van der Waals surface area contributed by atoms with E-state index >= 15 is 0 Å². The number of para-hydroxylation sites is 2. The third-order valence-corrected chi connectivity index (χ3v) is 4.48. The molecule has 0 spiro atoms. The fraction of sp³-hybridized carbons (Fsp3) is 0.471. The molecule has 1 aromatic carbocycles. The Bertz CT molecular complexity index is 698. The van der Waals surface area contributed by atoms with Gasteiger partial charge in [0.05, 0.1) is 23.1 Å². The lowest BCUT2D eigenvalue weighted by Crippen LogP contribution is -2.44. The molecule has 0 radical (unpaired) electrons. The molecule has 1 saturated heterocycles. The van der Waals surface area contributed by atoms with Gasteiger partial charge in [-0.15, -0.1) is 0 Å². The summed E-state index contributed by atoms with van der Waals surface area (Å²) >= 11 is 0. The van der Waals surface area contributed by atoms with Crippen molar-refractivity contribution in [2.75, 3.05) is 18.0 Å². The molecule has 2 heterocycles. The van der Waals surface area contributed by atoms with Gasteiger partial charge >= 0.3 is 0 Å². The molecule has 5 nitrogen and oxygen atoms in total. The van der Waals surface area contributed by atoms with E-state index in [-0.39, 0.29) is 11.8 Å². The van der Waals surface area contributed by atoms with Gasteiger partial charge in [-0.3, -0.25) is 9.78 Å². The van der Waals surface area contributed by atoms with E-state index in [0.717, 1.165) is 55.6 Å². The number of hydrogen-bond acceptors (Lipinski definition) is 4. The van der Waals surface area contributed by atoms with Crippen molar-refractivity contribution in [1.29, 1.82) is 0 Å². The molecule has 1 N–H and O–H groups in total. The molecule has 22 heavy (non-hydrogen) atoms. The van der Waals surface area contributed by atoms with Crippen LogP contribution in [0, 0.1) is 5.92 Å². The fourth-order valence-corrected chi connectivity index (χ4v) is 3.05. The molecule has 2 aliphatic rings. The molecule has 4 rings (SSSR count). The van der Waals surface area contributed by atoms with Crippen LogP contribution in [0.25, 0.3) is 11.0 Å². The smallest absolute Gasteiger partial charge is 0.225 e. The first kappa shape index (κ1) is 13.5. The van der Waals surface area contributed by atoms with Crippen molar-refractivity contribution in [3.05, 3.63) is 30.5 Å². The Hall–Kier alpha value is -2.17. The van der Waals surface area contributed by atoms with Gasteiger partial charge in [0.2, 0.25) is 5.91 Å². The summed E-state index contributed by atoms with van der Waals surface area (Å²) in [5.74, 6) is 1.16. The van der Waals surface area contributed by atoms with Gasteiger partial charge in [0.15, 0.2) is 0 Å². The van der Waals surface area contributed by atoms with E-state index in [4.69, 9.17) is 4.98 Å². The first-order chi connectivity index (χ1) is 10.8. The maximum atomic E-state index is 12.3. The number of amides is 1. The maximum Gasteiger partial charge on any atom is 0.225 e. The van der Waals surface area contributed by atoms with Crippen LogP contribution in [-0.2, 0) is 4.79 Å². The number of carbonyl (C=O) groups is 1. The van der Waals surface area contributed by atoms with Crippen LogP contribution in [0.1, 0.15) is 25.7 Å². The van der Waals surface area contributed by atoms with Gasteiger partial charge in [-0.1, -0.05) is 12.1 Å². The molecule has 0 bridgehead atoms. The molecule has 5 heteroatoms. The van der Waals surface area contributed by atoms with Crippen molar-refractivity contribution < 1.29 is 4.79 Å². The zero-order valence-corrected chi connectivity index (χ0v) is 12.5. The van der Waals surface area contributed by atoms with Crippen molar-refractivity contribution in [2.45, 2.75) is 31.7 Å². The standard InChI is InChI=1S/C17H20N4O/c22-17(19-13-7-8-13)12-4-3-9-21(11-12)16-10-18-14-5-1-2-6-15(14)20-16/h1-2,5-6,10,12-13H,3-4,7-9,11H2,(H,19,22). The Morgan fingerprint density at radius 3 is 2.82 bits per heavy atom. The lowest BCUT2D eigenvalue weighted by molar-refractivity contribution is -0.125. The quantitative estimate of drug-likeness (QED) is 0.942. The van der Waals surface area contributed by atoms with Gasteiger partial charge in [0, 0.05) is 19.1 Å². The number of fused-ring (bicyclic) bond motifs is 1. The summed E-state index contributed by atoms with van der Waals surface area (Å²) in [7, 11) is 0. The highest BCUT2D eigenvalue weighted by atomic mass is 16.2. The minimum absolute atomic E-state index is 0.0719. The van der Waals surface area contributed by atoms with Crippen molar-refractivity contribution >= 4 is 22.8 Å². The van der Waals surface area contributed by atoms with Gasteiger partial charge < -0.3 is 10.2 Å². The first-order valence-electron chi connectivity index (χ1n) is 8.07. The number of nitrogens with one attached hydrogen (secondary N) is 1. The zero-order valence-electron chi connectivity index (χ0n) is 12.5. The van der Waals surface area contributed by atoms with Gasteiger partial charge in [-0.05, 0) is 37.8 Å². The molecule has 2 fully saturated rings. The van der Waals surface area contributed by atoms with E-state index in [2.05, 4.69) is 15.2 Å². The number of benzene rings is 1. The number of piperidine rings is 1. The summed E-state index contributed by atoms with van der Waals surface area (Å²) in [6, 6.07) is 8.32. The third kappa shape index (κ3) is 2.75. The minimum Gasteiger partial charge on any atom is -0.355 e. The SMILES string of the molecule is O=C(NC1CC1)C1CCCN(c2cnc3ccccc3n2)C1. The van der Waals surface area contributed by atoms with E-state index in [0.29, 0.717) is 6.04 Å². The van der Waals surface area contributed by atoms with Crippen LogP contribution >= 0.6 is 0 Å². The second-order valence-corrected chi connectivity index (χ2v) is 6.28. The van der Waals surface area contributed by atoms with Gasteiger partial charge in [0.25, 0.3) is 0 Å². The Balaban J connectivity index is 1.51. The van der Waals surface area contributed by atoms with E-state index < -0.39 is 0 Å². The summed E-state index contributed by atoms with van der Waals surface area (Å²) in [6.07, 6.45) is 6.09. The summed E-state index contributed by atoms with van der Waals surface area (Å²) in [5.41, 5.74) is 1.82. The highest BCUT2D eigenvalue weighted by Crippen LogP contribution is 2.25. The van der Waals surface area contributed by atoms with Crippen molar-refractivity contribution in [3.8, 4) is 0 Å². The Kier molecular flexibility index (Phi) is 3.41. The van der Waals surface area contributed by atoms with Crippen LogP contribution in [0.15, 0.2) is 30.5 Å². The molecule has 1 saturated carbocycles. The molecule has 2 aromatic rings. The Morgan fingerprint density at radius 1 is 1.18 bits per heavy atom. The zero-order chi connectivity index (χ0) is 14.9. The average Bonchev–Trinajstić information content (AvgIpc) is 3.38. The number of nitrogens with zero attached hydrogens (tertiary/aromatic N) is 3. The summed E-state index contributed by atoms with van der Waals surface area (Å²) in [4.78, 5) is 23.6. The maximum absolute atomic E-state index is 12.3. The largest absolute Gasteiger partial charge is 0.355 e. The molecule has 1 unspecified atom stereocenters. The van der Waals surface area contributed by atoms with Crippen molar-refractivity contribution in [2.24, 2.45) is 5.92 Å². The van der Waals surface area contributed by atoms with Crippen LogP contribution < -0.4 is 10.2 Å². The van der Waals surface area contributed by atoms with E-state index in [1.807, 2.05) is 30.5 Å². The highest BCUT2D eigenvalue weighted by Gasteiger charge is 2.30. The molecule has 1 aromatic heterocycles. The monoisotopic (exact) mass is 296 g/mol. The summed E-state index contributed by atoms with van der Waals surface area (Å²) < 4.78 is 0. The molecule has 1 atom stereocenters. The molecular formula is C17H20N4O. The van der Waals surface area contributed by atoms with Gasteiger partial charge in [0.1, 0.15) is 5.82 Å². The topological polar surface area (TPSA) is 58.1 Å². The van der Waals surface area contributed by atoms with Crippen LogP contribution in [0.4, 0.5) is 5.82 Å². The lowest BCUT2D eigenvalue weighted by Gasteiger charge is -2.32. The molecule has 1 amide bonds. The summed E-state index contributed by atoms with van der Waals surface area (Å²) in [5, 5.41) is 3.12. The van der Waals surface area contributed by atoms with E-state index in [1.54, 1.807) is 0 Å². The highest BCUT2D eigenvalue weighted by molar-refractivity contribution is 5.80. The molecule has 114 valence electrons. The fourth-order valence-electron chi connectivity index (χ4n) is 3.05. The van der Waals surface area contributed by atoms with Crippen molar-refractivity contribution in [3.63, 3.8) is 0 Å². The average molecular weight is 296 g/mol. The van der Waals surface area contributed by atoms with Crippen LogP contribution in [0.3, 0.4) is 0 Å². The number of hydrogen-bond donors (Lipinski definition) is 1. The Labute approximate surface area is 129 Å². The first-order valence-corrected chi connectivity index (χ1v) is 8.07. The predicted molar refractivity (Wildman–Crippen MR) is 85.6 cm³/mol.